The Labute approximate surface area is 182 Å². The molecular formula is C23H31N3O5. The van der Waals surface area contributed by atoms with Gasteiger partial charge in [-0.3, -0.25) is 14.4 Å². The third-order valence-electron chi connectivity index (χ3n) is 6.29. The summed E-state index contributed by atoms with van der Waals surface area (Å²) in [5.41, 5.74) is 0.684. The van der Waals surface area contributed by atoms with E-state index in [4.69, 9.17) is 9.47 Å². The first-order chi connectivity index (χ1) is 15.0. The SMILES string of the molecule is C[C@H](NC(=O)[C@@H]1CC(=O)N(c2ccc3c(c2)OCCO3)C1)C(=O)NC1CCCCCC1. The van der Waals surface area contributed by atoms with Crippen LogP contribution in [-0.4, -0.2) is 49.6 Å². The molecule has 8 heteroatoms. The van der Waals surface area contributed by atoms with Crippen molar-refractivity contribution in [3.63, 3.8) is 0 Å². The molecule has 8 nitrogen and oxygen atoms in total. The molecule has 1 saturated heterocycles. The Kier molecular flexibility index (Phi) is 6.63. The lowest BCUT2D eigenvalue weighted by Gasteiger charge is -2.23. The van der Waals surface area contributed by atoms with Crippen molar-refractivity contribution in [2.45, 2.75) is 64.0 Å². The van der Waals surface area contributed by atoms with Crippen LogP contribution in [0.3, 0.4) is 0 Å². The van der Waals surface area contributed by atoms with Crippen LogP contribution in [0.25, 0.3) is 0 Å². The Bertz CT molecular complexity index is 835. The zero-order valence-corrected chi connectivity index (χ0v) is 18.0. The Balaban J connectivity index is 1.32. The molecule has 2 N–H and O–H groups in total. The Morgan fingerprint density at radius 3 is 2.52 bits per heavy atom. The van der Waals surface area contributed by atoms with E-state index >= 15 is 0 Å². The molecule has 168 valence electrons. The van der Waals surface area contributed by atoms with Crippen molar-refractivity contribution in [1.29, 1.82) is 0 Å². The molecule has 2 heterocycles. The van der Waals surface area contributed by atoms with Crippen LogP contribution in [0.4, 0.5) is 5.69 Å². The topological polar surface area (TPSA) is 97.0 Å². The maximum absolute atomic E-state index is 12.7. The van der Waals surface area contributed by atoms with Crippen LogP contribution in [0.1, 0.15) is 51.9 Å². The largest absolute Gasteiger partial charge is 0.486 e. The first kappa shape index (κ1) is 21.5. The molecule has 0 spiro atoms. The lowest BCUT2D eigenvalue weighted by atomic mass is 10.1. The monoisotopic (exact) mass is 429 g/mol. The second-order valence-corrected chi connectivity index (χ2v) is 8.66. The number of rotatable bonds is 5. The molecule has 3 aliphatic rings. The van der Waals surface area contributed by atoms with Crippen LogP contribution in [0, 0.1) is 5.92 Å². The van der Waals surface area contributed by atoms with Crippen LogP contribution in [0.5, 0.6) is 11.5 Å². The number of hydrogen-bond acceptors (Lipinski definition) is 5. The number of benzene rings is 1. The number of nitrogens with zero attached hydrogens (tertiary/aromatic N) is 1. The first-order valence-corrected chi connectivity index (χ1v) is 11.3. The highest BCUT2D eigenvalue weighted by Gasteiger charge is 2.36. The number of hydrogen-bond donors (Lipinski definition) is 2. The van der Waals surface area contributed by atoms with E-state index < -0.39 is 12.0 Å². The van der Waals surface area contributed by atoms with Gasteiger partial charge >= 0.3 is 0 Å². The molecular weight excluding hydrogens is 398 g/mol. The maximum atomic E-state index is 12.7. The standard InChI is InChI=1S/C23H31N3O5/c1-15(22(28)25-17-6-4-2-3-5-7-17)24-23(29)16-12-21(27)26(14-16)18-8-9-19-20(13-18)31-11-10-30-19/h8-9,13,15-17H,2-7,10-12,14H2,1H3,(H,24,29)(H,25,28)/t15-,16+/m0/s1. The maximum Gasteiger partial charge on any atom is 0.242 e. The minimum absolute atomic E-state index is 0.118. The number of amides is 3. The normalized spacial score (nSPS) is 22.5. The average molecular weight is 430 g/mol. The van der Waals surface area contributed by atoms with Crippen LogP contribution in [0.2, 0.25) is 0 Å². The molecule has 1 aromatic rings. The Morgan fingerprint density at radius 2 is 1.77 bits per heavy atom. The molecule has 0 unspecified atom stereocenters. The minimum atomic E-state index is -0.630. The van der Waals surface area contributed by atoms with Gasteiger partial charge in [0.15, 0.2) is 11.5 Å². The van der Waals surface area contributed by atoms with E-state index in [2.05, 4.69) is 10.6 Å². The molecule has 1 aromatic carbocycles. The van der Waals surface area contributed by atoms with Crippen molar-refractivity contribution in [2.75, 3.05) is 24.7 Å². The van der Waals surface area contributed by atoms with E-state index in [0.29, 0.717) is 30.4 Å². The second kappa shape index (κ2) is 9.58. The summed E-state index contributed by atoms with van der Waals surface area (Å²) < 4.78 is 11.1. The van der Waals surface area contributed by atoms with E-state index in [1.165, 1.54) is 12.8 Å². The number of ether oxygens (including phenoxy) is 2. The molecule has 31 heavy (non-hydrogen) atoms. The fraction of sp³-hybridized carbons (Fsp3) is 0.609. The van der Waals surface area contributed by atoms with Gasteiger partial charge in [-0.1, -0.05) is 25.7 Å². The van der Waals surface area contributed by atoms with Gasteiger partial charge in [-0.05, 0) is 31.9 Å². The zero-order chi connectivity index (χ0) is 21.8. The number of carbonyl (C=O) groups is 3. The van der Waals surface area contributed by atoms with Gasteiger partial charge < -0.3 is 25.0 Å². The predicted molar refractivity (Wildman–Crippen MR) is 115 cm³/mol. The quantitative estimate of drug-likeness (QED) is 0.699. The second-order valence-electron chi connectivity index (χ2n) is 8.66. The number of anilines is 1. The van der Waals surface area contributed by atoms with Crippen LogP contribution in [0.15, 0.2) is 18.2 Å². The van der Waals surface area contributed by atoms with Crippen LogP contribution >= 0.6 is 0 Å². The van der Waals surface area contributed by atoms with Crippen molar-refractivity contribution in [2.24, 2.45) is 5.92 Å². The Morgan fingerprint density at radius 1 is 1.06 bits per heavy atom. The summed E-state index contributed by atoms with van der Waals surface area (Å²) in [5, 5.41) is 5.86. The van der Waals surface area contributed by atoms with E-state index in [1.807, 2.05) is 0 Å². The van der Waals surface area contributed by atoms with E-state index in [9.17, 15) is 14.4 Å². The zero-order valence-electron chi connectivity index (χ0n) is 18.0. The van der Waals surface area contributed by atoms with Gasteiger partial charge in [0.05, 0.1) is 5.92 Å². The molecule has 1 aliphatic carbocycles. The van der Waals surface area contributed by atoms with E-state index in [1.54, 1.807) is 30.0 Å². The summed E-state index contributed by atoms with van der Waals surface area (Å²) in [6.07, 6.45) is 6.80. The van der Waals surface area contributed by atoms with Crippen molar-refractivity contribution in [3.05, 3.63) is 18.2 Å². The highest BCUT2D eigenvalue weighted by Crippen LogP contribution is 2.36. The molecule has 3 amide bonds. The first-order valence-electron chi connectivity index (χ1n) is 11.3. The third kappa shape index (κ3) is 5.11. The minimum Gasteiger partial charge on any atom is -0.486 e. The van der Waals surface area contributed by atoms with E-state index in [-0.39, 0.29) is 36.7 Å². The Hall–Kier alpha value is -2.77. The van der Waals surface area contributed by atoms with Gasteiger partial charge in [-0.15, -0.1) is 0 Å². The van der Waals surface area contributed by atoms with Gasteiger partial charge in [0, 0.05) is 30.8 Å². The van der Waals surface area contributed by atoms with Gasteiger partial charge in [0.2, 0.25) is 17.7 Å². The summed E-state index contributed by atoms with van der Waals surface area (Å²) in [4.78, 5) is 39.4. The molecule has 4 rings (SSSR count). The van der Waals surface area contributed by atoms with Gasteiger partial charge in [-0.2, -0.15) is 0 Å². The lowest BCUT2D eigenvalue weighted by molar-refractivity contribution is -0.131. The molecule has 2 aliphatic heterocycles. The van der Waals surface area contributed by atoms with Crippen LogP contribution < -0.4 is 25.0 Å². The molecule has 0 bridgehead atoms. The number of fused-ring (bicyclic) bond motifs is 1. The summed E-state index contributed by atoms with van der Waals surface area (Å²) in [6.45, 7) is 2.94. The lowest BCUT2D eigenvalue weighted by Crippen LogP contribution is -2.49. The molecule has 0 radical (unpaired) electrons. The van der Waals surface area contributed by atoms with Gasteiger partial charge in [0.1, 0.15) is 19.3 Å². The van der Waals surface area contributed by atoms with Crippen LogP contribution in [-0.2, 0) is 14.4 Å². The summed E-state index contributed by atoms with van der Waals surface area (Å²) in [5.74, 6) is 0.226. The number of carbonyl (C=O) groups excluding carboxylic acids is 3. The van der Waals surface area contributed by atoms with Gasteiger partial charge in [0.25, 0.3) is 0 Å². The average Bonchev–Trinajstić information content (AvgIpc) is 2.98. The smallest absolute Gasteiger partial charge is 0.242 e. The van der Waals surface area contributed by atoms with E-state index in [0.717, 1.165) is 25.7 Å². The van der Waals surface area contributed by atoms with Crippen molar-refractivity contribution in [3.8, 4) is 11.5 Å². The summed E-state index contributed by atoms with van der Waals surface area (Å²) in [6, 6.07) is 4.91. The molecule has 2 fully saturated rings. The summed E-state index contributed by atoms with van der Waals surface area (Å²) in [7, 11) is 0. The highest BCUT2D eigenvalue weighted by atomic mass is 16.6. The molecule has 1 saturated carbocycles. The number of nitrogens with one attached hydrogen (secondary N) is 2. The van der Waals surface area contributed by atoms with Crippen molar-refractivity contribution in [1.82, 2.24) is 10.6 Å². The molecule has 0 aromatic heterocycles. The van der Waals surface area contributed by atoms with Crippen molar-refractivity contribution < 1.29 is 23.9 Å². The summed E-state index contributed by atoms with van der Waals surface area (Å²) >= 11 is 0. The van der Waals surface area contributed by atoms with Crippen molar-refractivity contribution >= 4 is 23.4 Å². The van der Waals surface area contributed by atoms with Gasteiger partial charge in [-0.25, -0.2) is 0 Å². The third-order valence-corrected chi connectivity index (χ3v) is 6.29. The fourth-order valence-electron chi connectivity index (χ4n) is 4.48. The molecule has 2 atom stereocenters. The predicted octanol–water partition coefficient (Wildman–Crippen LogP) is 2.15. The fourth-order valence-corrected chi connectivity index (χ4v) is 4.48. The highest BCUT2D eigenvalue weighted by molar-refractivity contribution is 6.01.